The lowest BCUT2D eigenvalue weighted by molar-refractivity contribution is -0.114. The van der Waals surface area contributed by atoms with E-state index in [2.05, 4.69) is 4.98 Å². The quantitative estimate of drug-likeness (QED) is 0.367. The molecule has 3 aromatic rings. The molecule has 1 saturated carbocycles. The summed E-state index contributed by atoms with van der Waals surface area (Å²) in [6.45, 7) is 0. The van der Waals surface area contributed by atoms with Crippen LogP contribution in [0.4, 0.5) is 0 Å². The van der Waals surface area contributed by atoms with Crippen LogP contribution in [0.25, 0.3) is 17.8 Å². The Balaban J connectivity index is 0.000000165. The van der Waals surface area contributed by atoms with Crippen LogP contribution in [0.1, 0.15) is 56.2 Å². The number of carbonyl (C=O) groups is 1. The van der Waals surface area contributed by atoms with Gasteiger partial charge in [-0.05, 0) is 42.8 Å². The molecule has 2 aliphatic carbocycles. The van der Waals surface area contributed by atoms with E-state index in [9.17, 15) is 9.59 Å². The zero-order valence-electron chi connectivity index (χ0n) is 20.4. The van der Waals surface area contributed by atoms with Gasteiger partial charge in [0.2, 0.25) is 5.91 Å². The molecule has 1 fully saturated rings. The summed E-state index contributed by atoms with van der Waals surface area (Å²) in [4.78, 5) is 25.5. The Kier molecular flexibility index (Phi) is 11.0. The molecule has 1 aromatic carbocycles. The number of fused-ring (bicyclic) bond motifs is 1. The molecule has 36 heavy (non-hydrogen) atoms. The number of benzene rings is 1. The third-order valence-electron chi connectivity index (χ3n) is 5.78. The van der Waals surface area contributed by atoms with Crippen molar-refractivity contribution < 1.29 is 8.98 Å². The van der Waals surface area contributed by atoms with E-state index in [1.54, 1.807) is 29.1 Å². The fourth-order valence-electron chi connectivity index (χ4n) is 3.88. The number of amides is 1. The molecule has 6 nitrogen and oxygen atoms in total. The normalized spacial score (nSPS) is 14.1. The first-order valence-corrected chi connectivity index (χ1v) is 13.5. The highest BCUT2D eigenvalue weighted by Gasteiger charge is 2.11. The van der Waals surface area contributed by atoms with Crippen molar-refractivity contribution >= 4 is 41.7 Å². The van der Waals surface area contributed by atoms with Crippen LogP contribution >= 0.6 is 23.6 Å². The van der Waals surface area contributed by atoms with Crippen molar-refractivity contribution in [2.24, 2.45) is 5.73 Å². The van der Waals surface area contributed by atoms with Crippen LogP contribution in [0.15, 0.2) is 71.3 Å². The van der Waals surface area contributed by atoms with Gasteiger partial charge < -0.3 is 14.9 Å². The molecule has 2 aliphatic rings. The summed E-state index contributed by atoms with van der Waals surface area (Å²) in [7, 11) is 0. The van der Waals surface area contributed by atoms with Crippen molar-refractivity contribution in [2.45, 2.75) is 44.9 Å². The number of aromatic amines is 1. The number of nitrogens with two attached hydrogens (primary N) is 1. The summed E-state index contributed by atoms with van der Waals surface area (Å²) in [5.74, 6) is 0.383. The van der Waals surface area contributed by atoms with E-state index in [1.807, 2.05) is 48.7 Å². The third kappa shape index (κ3) is 8.21. The maximum atomic E-state index is 11.6. The summed E-state index contributed by atoms with van der Waals surface area (Å²) < 4.78 is 6.84. The van der Waals surface area contributed by atoms with Crippen molar-refractivity contribution in [3.05, 3.63) is 93.1 Å². The zero-order chi connectivity index (χ0) is 25.8. The first-order valence-electron chi connectivity index (χ1n) is 12.0. The Morgan fingerprint density at radius 1 is 1.06 bits per heavy atom. The number of halogens is 1. The molecule has 0 bridgehead atoms. The summed E-state index contributed by atoms with van der Waals surface area (Å²) >= 11 is 7.22. The summed E-state index contributed by atoms with van der Waals surface area (Å²) in [6.07, 6.45) is 20.3. The van der Waals surface area contributed by atoms with Gasteiger partial charge in [-0.25, -0.2) is 0 Å². The molecule has 190 valence electrons. The number of nitrogens with zero attached hydrogens (tertiary/aromatic N) is 1. The molecule has 5 rings (SSSR count). The van der Waals surface area contributed by atoms with E-state index in [4.69, 9.17) is 21.5 Å². The maximum absolute atomic E-state index is 11.6. The number of aromatic nitrogens is 2. The average Bonchev–Trinajstić information content (AvgIpc) is 3.11. The van der Waals surface area contributed by atoms with Crippen molar-refractivity contribution in [3.63, 3.8) is 0 Å². The van der Waals surface area contributed by atoms with E-state index in [-0.39, 0.29) is 5.56 Å². The van der Waals surface area contributed by atoms with Gasteiger partial charge in [0.05, 0.1) is 17.1 Å². The number of allylic oxidation sites excluding steroid dienone is 1. The minimum Gasteiger partial charge on any atom is -0.426 e. The van der Waals surface area contributed by atoms with Gasteiger partial charge in [-0.2, -0.15) is 0 Å². The summed E-state index contributed by atoms with van der Waals surface area (Å²) in [5.41, 5.74) is 8.32. The number of rotatable bonds is 4. The molecule has 8 heteroatoms. The third-order valence-corrected chi connectivity index (χ3v) is 6.45. The highest BCUT2D eigenvalue weighted by molar-refractivity contribution is 7.94. The Labute approximate surface area is 221 Å². The number of hydrogen-bond donors (Lipinski definition) is 2. The van der Waals surface area contributed by atoms with Crippen LogP contribution in [0.5, 0.6) is 5.75 Å². The molecule has 3 N–H and O–H groups in total. The molecule has 0 atom stereocenters. The van der Waals surface area contributed by atoms with Gasteiger partial charge in [0.25, 0.3) is 5.56 Å². The fraction of sp³-hybridized carbons (Fsp3) is 0.286. The fourth-order valence-corrected chi connectivity index (χ4v) is 4.41. The molecular weight excluding hydrogens is 494 g/mol. The smallest absolute Gasteiger partial charge is 0.255 e. The predicted molar refractivity (Wildman–Crippen MR) is 151 cm³/mol. The maximum Gasteiger partial charge on any atom is 0.255 e. The first-order chi connectivity index (χ1) is 17.5. The largest absolute Gasteiger partial charge is 0.426 e. The monoisotopic (exact) mass is 525 g/mol. The summed E-state index contributed by atoms with van der Waals surface area (Å²) in [6, 6.07) is 12.5. The number of carbonyl (C=O) groups excluding carboxylic acids is 1. The highest BCUT2D eigenvalue weighted by Crippen LogP contribution is 2.26. The Morgan fingerprint density at radius 3 is 2.31 bits per heavy atom. The van der Waals surface area contributed by atoms with E-state index < -0.39 is 5.91 Å². The number of primary amides is 1. The zero-order valence-corrected chi connectivity index (χ0v) is 22.0. The predicted octanol–water partition coefficient (Wildman–Crippen LogP) is 6.79. The molecule has 0 saturated heterocycles. The summed E-state index contributed by atoms with van der Waals surface area (Å²) in [5, 5.41) is 0.651. The van der Waals surface area contributed by atoms with Crippen molar-refractivity contribution in [3.8, 4) is 11.4 Å². The van der Waals surface area contributed by atoms with Crippen LogP contribution < -0.4 is 15.5 Å². The van der Waals surface area contributed by atoms with Gasteiger partial charge in [0.15, 0.2) is 0 Å². The Morgan fingerprint density at radius 2 is 1.72 bits per heavy atom. The van der Waals surface area contributed by atoms with Crippen LogP contribution in [-0.2, 0) is 4.79 Å². The van der Waals surface area contributed by atoms with Gasteiger partial charge >= 0.3 is 0 Å². The minimum absolute atomic E-state index is 0.0407. The molecule has 0 radical (unpaired) electrons. The number of H-pyrrole nitrogens is 1. The second-order valence-corrected chi connectivity index (χ2v) is 9.29. The Bertz CT molecular complexity index is 1230. The Hall–Kier alpha value is -3.16. The van der Waals surface area contributed by atoms with Crippen molar-refractivity contribution in [1.29, 1.82) is 0 Å². The van der Waals surface area contributed by atoms with Crippen molar-refractivity contribution in [1.82, 2.24) is 9.55 Å². The number of pyridine rings is 1. The number of nitrogens with one attached hydrogen (secondary N) is 1. The topological polar surface area (TPSA) is 90.1 Å². The molecule has 0 aliphatic heterocycles. The molecular formula is C28H32ClN3O3S. The van der Waals surface area contributed by atoms with Gasteiger partial charge in [-0.1, -0.05) is 68.3 Å². The first kappa shape index (κ1) is 27.4. The standard InChI is InChI=1S/C12H11NO2S.C10H9ClN2O.C6H12/c1-16-15-11-7-5-10(6-8-11)13-9-3-2-4-12(13)14;11-8-5-13-9-4-6(10(12)14)2-1-3-7(8)9;1-2-4-6-5-3-1/h2-9H,1H3;1,3-5,13H,2H2,(H2,12,14);1-6H2. The van der Waals surface area contributed by atoms with E-state index >= 15 is 0 Å². The molecule has 2 heterocycles. The SMILES string of the molecule is C1CCCCC1.CSOc1ccc(-n2ccccc2=O)cc1.NC(=O)C1=Cc2[nH]cc(Cl)c2C=CC1. The van der Waals surface area contributed by atoms with Crippen LogP contribution in [-0.4, -0.2) is 21.7 Å². The highest BCUT2D eigenvalue weighted by atomic mass is 35.5. The number of hydrogen-bond acceptors (Lipinski definition) is 4. The van der Waals surface area contributed by atoms with E-state index in [0.717, 1.165) is 22.7 Å². The molecule has 2 aromatic heterocycles. The molecule has 0 unspecified atom stereocenters. The second-order valence-electron chi connectivity index (χ2n) is 8.38. The minimum atomic E-state index is -0.395. The van der Waals surface area contributed by atoms with E-state index in [0.29, 0.717) is 17.0 Å². The van der Waals surface area contributed by atoms with Gasteiger partial charge in [0, 0.05) is 47.2 Å². The lowest BCUT2D eigenvalue weighted by Crippen LogP contribution is -2.15. The molecule has 1 amide bonds. The molecule has 0 spiro atoms. The van der Waals surface area contributed by atoms with Gasteiger partial charge in [0.1, 0.15) is 5.75 Å². The van der Waals surface area contributed by atoms with E-state index in [1.165, 1.54) is 56.6 Å². The van der Waals surface area contributed by atoms with Crippen LogP contribution in [0.3, 0.4) is 0 Å². The van der Waals surface area contributed by atoms with Crippen LogP contribution in [0.2, 0.25) is 5.02 Å². The van der Waals surface area contributed by atoms with Crippen LogP contribution in [0, 0.1) is 0 Å². The van der Waals surface area contributed by atoms with Crippen molar-refractivity contribution in [2.75, 3.05) is 6.26 Å². The second kappa shape index (κ2) is 14.4. The lowest BCUT2D eigenvalue weighted by atomic mass is 10.0. The van der Waals surface area contributed by atoms with Gasteiger partial charge in [-0.15, -0.1) is 0 Å². The average molecular weight is 526 g/mol. The lowest BCUT2D eigenvalue weighted by Gasteiger charge is -2.06. The van der Waals surface area contributed by atoms with Gasteiger partial charge in [-0.3, -0.25) is 14.2 Å².